The van der Waals surface area contributed by atoms with Crippen LogP contribution in [-0.4, -0.2) is 35.1 Å². The van der Waals surface area contributed by atoms with Crippen molar-refractivity contribution in [3.63, 3.8) is 0 Å². The molecule has 1 aliphatic heterocycles. The summed E-state index contributed by atoms with van der Waals surface area (Å²) in [5, 5.41) is 0. The summed E-state index contributed by atoms with van der Waals surface area (Å²) < 4.78 is 32.1. The molecule has 6 heteroatoms. The Balaban J connectivity index is 1.37. The van der Waals surface area contributed by atoms with Crippen molar-refractivity contribution in [2.24, 2.45) is 0 Å². The lowest BCUT2D eigenvalue weighted by Crippen LogP contribution is -2.59. The van der Waals surface area contributed by atoms with Crippen LogP contribution in [0, 0.1) is 0 Å². The van der Waals surface area contributed by atoms with Gasteiger partial charge in [0.1, 0.15) is 28.0 Å². The molecule has 1 fully saturated rings. The molecule has 202 valence electrons. The van der Waals surface area contributed by atoms with Gasteiger partial charge in [-0.25, -0.2) is 0 Å². The number of benzene rings is 4. The molecule has 0 amide bonds. The number of halogens is 1. The van der Waals surface area contributed by atoms with Crippen molar-refractivity contribution in [2.45, 2.75) is 48.3 Å². The lowest BCUT2D eigenvalue weighted by atomic mass is 10.0. The molecule has 0 bridgehead atoms. The fraction of sp³-hybridized carbons (Fsp3) is 0.273. The molecular formula is C33H33IO5. The summed E-state index contributed by atoms with van der Waals surface area (Å²) in [5.74, 6) is 0.749. The Morgan fingerprint density at radius 2 is 1.03 bits per heavy atom. The molecule has 0 N–H and O–H groups in total. The molecule has 4 aromatic rings. The van der Waals surface area contributed by atoms with E-state index in [0.29, 0.717) is 26.4 Å². The summed E-state index contributed by atoms with van der Waals surface area (Å²) in [6.45, 7) is 1.74. The first kappa shape index (κ1) is 27.8. The van der Waals surface area contributed by atoms with Crippen molar-refractivity contribution in [3.8, 4) is 5.75 Å². The summed E-state index contributed by atoms with van der Waals surface area (Å²) in [4.78, 5) is 0. The molecule has 1 heterocycles. The van der Waals surface area contributed by atoms with Gasteiger partial charge in [0, 0.05) is 0 Å². The molecule has 1 aliphatic rings. The Labute approximate surface area is 244 Å². The van der Waals surface area contributed by atoms with Gasteiger partial charge in [-0.1, -0.05) is 132 Å². The SMILES string of the molecule is I[C@H]1C(Oc2ccccc2)O[C@H](COCc2ccccc2)[C@@H](OCc2ccccc2)[C@@H]1OCc1ccccc1. The number of alkyl halides is 1. The number of hydrogen-bond acceptors (Lipinski definition) is 5. The fourth-order valence-corrected chi connectivity index (χ4v) is 5.46. The molecule has 5 rings (SSSR count). The van der Waals surface area contributed by atoms with Crippen LogP contribution in [0.25, 0.3) is 0 Å². The summed E-state index contributed by atoms with van der Waals surface area (Å²) >= 11 is 2.38. The van der Waals surface area contributed by atoms with Gasteiger partial charge in [0.2, 0.25) is 6.29 Å². The van der Waals surface area contributed by atoms with Gasteiger partial charge in [-0.15, -0.1) is 0 Å². The van der Waals surface area contributed by atoms with Crippen molar-refractivity contribution in [2.75, 3.05) is 6.61 Å². The molecule has 0 radical (unpaired) electrons. The summed E-state index contributed by atoms with van der Waals surface area (Å²) in [7, 11) is 0. The van der Waals surface area contributed by atoms with Crippen molar-refractivity contribution >= 4 is 22.6 Å². The Morgan fingerprint density at radius 1 is 0.564 bits per heavy atom. The van der Waals surface area contributed by atoms with Crippen LogP contribution < -0.4 is 4.74 Å². The third-order valence-corrected chi connectivity index (χ3v) is 7.83. The van der Waals surface area contributed by atoms with Crippen LogP contribution in [0.3, 0.4) is 0 Å². The highest BCUT2D eigenvalue weighted by Gasteiger charge is 2.47. The predicted molar refractivity (Wildman–Crippen MR) is 160 cm³/mol. The standard InChI is InChI=1S/C33H33IO5/c34-30-32(37-23-27-17-9-3-10-18-27)31(36-22-26-15-7-2-8-16-26)29(24-35-21-25-13-5-1-6-14-25)39-33(30)38-28-19-11-4-12-20-28/h1-20,29-33H,21-24H2/t29-,30-,31-,32-,33?/m1/s1. The molecule has 0 aliphatic carbocycles. The van der Waals surface area contributed by atoms with Gasteiger partial charge in [0.15, 0.2) is 0 Å². The molecule has 0 spiro atoms. The second kappa shape index (κ2) is 14.6. The van der Waals surface area contributed by atoms with E-state index in [0.717, 1.165) is 22.4 Å². The average molecular weight is 637 g/mol. The second-order valence-corrected chi connectivity index (χ2v) is 10.9. The van der Waals surface area contributed by atoms with Crippen molar-refractivity contribution in [1.82, 2.24) is 0 Å². The highest BCUT2D eigenvalue weighted by Crippen LogP contribution is 2.34. The maximum atomic E-state index is 6.60. The van der Waals surface area contributed by atoms with Gasteiger partial charge in [-0.3, -0.25) is 0 Å². The Bertz CT molecular complexity index is 1230. The largest absolute Gasteiger partial charge is 0.464 e. The summed E-state index contributed by atoms with van der Waals surface area (Å²) in [5.41, 5.74) is 3.30. The monoisotopic (exact) mass is 636 g/mol. The highest BCUT2D eigenvalue weighted by molar-refractivity contribution is 14.1. The number of para-hydroxylation sites is 1. The van der Waals surface area contributed by atoms with Crippen molar-refractivity contribution in [3.05, 3.63) is 138 Å². The van der Waals surface area contributed by atoms with E-state index in [1.807, 2.05) is 84.9 Å². The van der Waals surface area contributed by atoms with E-state index >= 15 is 0 Å². The normalized spacial score (nSPS) is 22.8. The Hall–Kier alpha value is -2.75. The van der Waals surface area contributed by atoms with E-state index in [-0.39, 0.29) is 16.1 Å². The van der Waals surface area contributed by atoms with Crippen LogP contribution in [0.2, 0.25) is 0 Å². The van der Waals surface area contributed by atoms with Crippen molar-refractivity contribution in [1.29, 1.82) is 0 Å². The van der Waals surface area contributed by atoms with Crippen LogP contribution in [0.1, 0.15) is 16.7 Å². The summed E-state index contributed by atoms with van der Waals surface area (Å²) in [6, 6.07) is 40.2. The first-order valence-corrected chi connectivity index (χ1v) is 14.4. The van der Waals surface area contributed by atoms with E-state index in [1.165, 1.54) is 0 Å². The molecule has 39 heavy (non-hydrogen) atoms. The fourth-order valence-electron chi connectivity index (χ4n) is 4.52. The Kier molecular flexibility index (Phi) is 10.4. The molecule has 0 aromatic heterocycles. The minimum atomic E-state index is -0.532. The smallest absolute Gasteiger partial charge is 0.214 e. The van der Waals surface area contributed by atoms with Crippen LogP contribution >= 0.6 is 22.6 Å². The first-order valence-electron chi connectivity index (χ1n) is 13.2. The minimum absolute atomic E-state index is 0.127. The molecule has 1 unspecified atom stereocenters. The number of hydrogen-bond donors (Lipinski definition) is 0. The van der Waals surface area contributed by atoms with E-state index in [1.54, 1.807) is 0 Å². The van der Waals surface area contributed by atoms with E-state index in [9.17, 15) is 0 Å². The van der Waals surface area contributed by atoms with Gasteiger partial charge in [-0.2, -0.15) is 0 Å². The van der Waals surface area contributed by atoms with E-state index < -0.39 is 12.4 Å². The zero-order valence-corrected chi connectivity index (χ0v) is 23.8. The van der Waals surface area contributed by atoms with Crippen LogP contribution in [-0.2, 0) is 38.8 Å². The quantitative estimate of drug-likeness (QED) is 0.124. The zero-order valence-electron chi connectivity index (χ0n) is 21.7. The lowest BCUT2D eigenvalue weighted by molar-refractivity contribution is -0.251. The second-order valence-electron chi connectivity index (χ2n) is 9.44. The molecule has 1 saturated heterocycles. The van der Waals surface area contributed by atoms with Gasteiger partial charge in [0.05, 0.1) is 26.4 Å². The number of rotatable bonds is 12. The zero-order chi connectivity index (χ0) is 26.7. The van der Waals surface area contributed by atoms with E-state index in [4.69, 9.17) is 23.7 Å². The average Bonchev–Trinajstić information content (AvgIpc) is 2.99. The van der Waals surface area contributed by atoms with Crippen LogP contribution in [0.5, 0.6) is 5.75 Å². The molecule has 4 aromatic carbocycles. The Morgan fingerprint density at radius 3 is 1.56 bits per heavy atom. The topological polar surface area (TPSA) is 46.2 Å². The maximum Gasteiger partial charge on any atom is 0.214 e. The van der Waals surface area contributed by atoms with Gasteiger partial charge in [-0.05, 0) is 28.8 Å². The predicted octanol–water partition coefficient (Wildman–Crippen LogP) is 6.98. The third kappa shape index (κ3) is 8.13. The molecule has 5 atom stereocenters. The van der Waals surface area contributed by atoms with E-state index in [2.05, 4.69) is 59.0 Å². The molecule has 0 saturated carbocycles. The first-order chi connectivity index (χ1) is 19.3. The van der Waals surface area contributed by atoms with Crippen molar-refractivity contribution < 1.29 is 23.7 Å². The lowest BCUT2D eigenvalue weighted by Gasteiger charge is -2.44. The maximum absolute atomic E-state index is 6.60. The van der Waals surface area contributed by atoms with Crippen LogP contribution in [0.15, 0.2) is 121 Å². The van der Waals surface area contributed by atoms with Gasteiger partial charge < -0.3 is 23.7 Å². The minimum Gasteiger partial charge on any atom is -0.464 e. The summed E-state index contributed by atoms with van der Waals surface area (Å²) in [6.07, 6.45) is -1.57. The van der Waals surface area contributed by atoms with Gasteiger partial charge in [0.25, 0.3) is 0 Å². The molecular weight excluding hydrogens is 603 g/mol. The van der Waals surface area contributed by atoms with Crippen LogP contribution in [0.4, 0.5) is 0 Å². The number of ether oxygens (including phenoxy) is 5. The van der Waals surface area contributed by atoms with Gasteiger partial charge >= 0.3 is 0 Å². The molecule has 5 nitrogen and oxygen atoms in total. The third-order valence-electron chi connectivity index (χ3n) is 6.53. The highest BCUT2D eigenvalue weighted by atomic mass is 127.